The lowest BCUT2D eigenvalue weighted by Gasteiger charge is -2.28. The molecule has 162 valence electrons. The highest BCUT2D eigenvalue weighted by Crippen LogP contribution is 2.30. The van der Waals surface area contributed by atoms with E-state index in [1.165, 1.54) is 0 Å². The first kappa shape index (κ1) is 22.3. The van der Waals surface area contributed by atoms with Gasteiger partial charge in [-0.1, -0.05) is 19.4 Å². The number of aryl methyl sites for hydroxylation is 1. The third-order valence-corrected chi connectivity index (χ3v) is 6.06. The number of likely N-dealkylation sites (N-methyl/N-ethyl adjacent to an activating group) is 1. The second-order valence-electron chi connectivity index (χ2n) is 8.46. The molecule has 0 radical (unpaired) electrons. The fourth-order valence-electron chi connectivity index (χ4n) is 3.88. The Kier molecular flexibility index (Phi) is 7.91. The van der Waals surface area contributed by atoms with E-state index in [4.69, 9.17) is 0 Å². The number of hydrogen-bond donors (Lipinski definition) is 2. The first-order chi connectivity index (χ1) is 14.5. The van der Waals surface area contributed by atoms with Crippen molar-refractivity contribution in [1.29, 1.82) is 0 Å². The van der Waals surface area contributed by atoms with Gasteiger partial charge in [0.25, 0.3) is 0 Å². The van der Waals surface area contributed by atoms with Crippen molar-refractivity contribution in [3.63, 3.8) is 0 Å². The quantitative estimate of drug-likeness (QED) is 0.573. The molecule has 1 aromatic heterocycles. The summed E-state index contributed by atoms with van der Waals surface area (Å²) in [6.07, 6.45) is 11.9. The minimum atomic E-state index is -0.286. The highest BCUT2D eigenvalue weighted by molar-refractivity contribution is 6.03. The van der Waals surface area contributed by atoms with Crippen LogP contribution in [0, 0.1) is 18.8 Å². The predicted octanol–water partition coefficient (Wildman–Crippen LogP) is 3.83. The highest BCUT2D eigenvalue weighted by Gasteiger charge is 2.31. The zero-order valence-electron chi connectivity index (χ0n) is 18.2. The number of pyridine rings is 1. The normalized spacial score (nSPS) is 20.3. The van der Waals surface area contributed by atoms with Crippen LogP contribution >= 0.6 is 0 Å². The molecule has 2 unspecified atom stereocenters. The average Bonchev–Trinajstić information content (AvgIpc) is 2.69. The Morgan fingerprint density at radius 3 is 2.90 bits per heavy atom. The highest BCUT2D eigenvalue weighted by atomic mass is 19.1. The topological polar surface area (TPSA) is 66.4 Å². The molecule has 1 saturated carbocycles. The van der Waals surface area contributed by atoms with Crippen LogP contribution in [0.25, 0.3) is 0 Å². The Hall–Kier alpha value is -2.34. The number of nitrogens with one attached hydrogen (secondary N) is 2. The molecule has 1 fully saturated rings. The Morgan fingerprint density at radius 2 is 2.27 bits per heavy atom. The van der Waals surface area contributed by atoms with Crippen LogP contribution in [0.4, 0.5) is 4.39 Å². The number of nitrogens with zero attached hydrogens (tertiary/aromatic N) is 2. The van der Waals surface area contributed by atoms with Crippen LogP contribution < -0.4 is 10.6 Å². The second kappa shape index (κ2) is 10.6. The molecule has 2 N–H and O–H groups in total. The Labute approximate surface area is 179 Å². The standard InChI is InChI=1S/C24H33FN4O/c1-16(7-9-25)11-22-17(2)12-18(14-29-22)13-27-15-20-21(26-3)8-10-28-23(20)24(30)19-5-4-6-19/h8,10,12,14-16,19,21,26,28H,4-7,9,11,13H2,1-3H3. The van der Waals surface area contributed by atoms with E-state index in [1.54, 1.807) is 0 Å². The van der Waals surface area contributed by atoms with Crippen molar-refractivity contribution in [2.75, 3.05) is 13.7 Å². The van der Waals surface area contributed by atoms with E-state index in [0.717, 1.165) is 48.1 Å². The van der Waals surface area contributed by atoms with Crippen molar-refractivity contribution in [1.82, 2.24) is 15.6 Å². The molecule has 0 spiro atoms. The van der Waals surface area contributed by atoms with E-state index in [-0.39, 0.29) is 30.3 Å². The van der Waals surface area contributed by atoms with Gasteiger partial charge in [-0.15, -0.1) is 0 Å². The summed E-state index contributed by atoms with van der Waals surface area (Å²) in [6.45, 7) is 4.32. The second-order valence-corrected chi connectivity index (χ2v) is 8.46. The number of dihydropyridines is 1. The van der Waals surface area contributed by atoms with E-state index in [9.17, 15) is 9.18 Å². The number of hydrogen-bond acceptors (Lipinski definition) is 5. The van der Waals surface area contributed by atoms with Crippen LogP contribution in [0.15, 0.2) is 40.8 Å². The van der Waals surface area contributed by atoms with Crippen molar-refractivity contribution in [3.8, 4) is 0 Å². The molecule has 0 aromatic carbocycles. The number of aliphatic imine (C=N–C) groups is 1. The molecule has 0 bridgehead atoms. The largest absolute Gasteiger partial charge is 0.359 e. The monoisotopic (exact) mass is 412 g/mol. The number of rotatable bonds is 10. The SMILES string of the molecule is CNC1C=CNC(C(=O)C2CCC2)=C1C=NCc1cnc(CC(C)CCF)c(C)c1. The van der Waals surface area contributed by atoms with Crippen molar-refractivity contribution >= 4 is 12.0 Å². The van der Waals surface area contributed by atoms with Gasteiger partial charge in [0, 0.05) is 29.6 Å². The summed E-state index contributed by atoms with van der Waals surface area (Å²) < 4.78 is 12.5. The average molecular weight is 413 g/mol. The van der Waals surface area contributed by atoms with E-state index in [2.05, 4.69) is 33.6 Å². The molecule has 2 aliphatic rings. The number of alkyl halides is 1. The van der Waals surface area contributed by atoms with Crippen LogP contribution in [-0.4, -0.2) is 36.7 Å². The predicted molar refractivity (Wildman–Crippen MR) is 119 cm³/mol. The molecule has 6 heteroatoms. The van der Waals surface area contributed by atoms with Gasteiger partial charge >= 0.3 is 0 Å². The van der Waals surface area contributed by atoms with Crippen molar-refractivity contribution in [2.45, 2.75) is 58.5 Å². The lowest BCUT2D eigenvalue weighted by molar-refractivity contribution is -0.121. The van der Waals surface area contributed by atoms with Gasteiger partial charge in [0.2, 0.25) is 0 Å². The van der Waals surface area contributed by atoms with Crippen LogP contribution in [0.5, 0.6) is 0 Å². The van der Waals surface area contributed by atoms with Crippen molar-refractivity contribution < 1.29 is 9.18 Å². The summed E-state index contributed by atoms with van der Waals surface area (Å²) in [4.78, 5) is 22.0. The maximum absolute atomic E-state index is 12.8. The van der Waals surface area contributed by atoms with Crippen LogP contribution in [-0.2, 0) is 17.8 Å². The summed E-state index contributed by atoms with van der Waals surface area (Å²) in [5.41, 5.74) is 4.72. The maximum atomic E-state index is 12.8. The number of Topliss-reactive ketones (excluding diaryl/α,β-unsaturated/α-hetero) is 1. The summed E-state index contributed by atoms with van der Waals surface area (Å²) in [5.74, 6) is 0.615. The lowest BCUT2D eigenvalue weighted by atomic mass is 9.79. The summed E-state index contributed by atoms with van der Waals surface area (Å²) in [7, 11) is 1.88. The molecule has 3 rings (SSSR count). The minimum Gasteiger partial charge on any atom is -0.359 e. The molecule has 0 saturated heterocycles. The van der Waals surface area contributed by atoms with Gasteiger partial charge in [-0.05, 0) is 69.0 Å². The number of allylic oxidation sites excluding steroid dienone is 1. The Bertz CT molecular complexity index is 842. The van der Waals surface area contributed by atoms with Crippen LogP contribution in [0.1, 0.15) is 49.4 Å². The van der Waals surface area contributed by atoms with Crippen LogP contribution in [0.2, 0.25) is 0 Å². The summed E-state index contributed by atoms with van der Waals surface area (Å²) >= 11 is 0. The molecule has 5 nitrogen and oxygen atoms in total. The number of carbonyl (C=O) groups is 1. The molecule has 1 aliphatic carbocycles. The van der Waals surface area contributed by atoms with E-state index >= 15 is 0 Å². The number of aromatic nitrogens is 1. The van der Waals surface area contributed by atoms with E-state index in [1.807, 2.05) is 38.7 Å². The van der Waals surface area contributed by atoms with Gasteiger partial charge in [0.1, 0.15) is 0 Å². The third kappa shape index (κ3) is 5.42. The van der Waals surface area contributed by atoms with Gasteiger partial charge in [0.05, 0.1) is 25.0 Å². The molecule has 0 amide bonds. The van der Waals surface area contributed by atoms with Gasteiger partial charge in [0.15, 0.2) is 5.78 Å². The van der Waals surface area contributed by atoms with Gasteiger partial charge < -0.3 is 10.6 Å². The Morgan fingerprint density at radius 1 is 1.47 bits per heavy atom. The van der Waals surface area contributed by atoms with Crippen LogP contribution in [0.3, 0.4) is 0 Å². The van der Waals surface area contributed by atoms with E-state index in [0.29, 0.717) is 18.7 Å². The Balaban J connectivity index is 1.71. The van der Waals surface area contributed by atoms with Gasteiger partial charge in [-0.3, -0.25) is 19.2 Å². The first-order valence-corrected chi connectivity index (χ1v) is 10.9. The first-order valence-electron chi connectivity index (χ1n) is 10.9. The van der Waals surface area contributed by atoms with Gasteiger partial charge in [-0.25, -0.2) is 0 Å². The summed E-state index contributed by atoms with van der Waals surface area (Å²) in [5, 5.41) is 6.40. The minimum absolute atomic E-state index is 0.0340. The van der Waals surface area contributed by atoms with Gasteiger partial charge in [-0.2, -0.15) is 0 Å². The third-order valence-electron chi connectivity index (χ3n) is 6.06. The fraction of sp³-hybridized carbons (Fsp3) is 0.542. The fourth-order valence-corrected chi connectivity index (χ4v) is 3.88. The molecular formula is C24H33FN4O. The number of ketones is 1. The molecule has 30 heavy (non-hydrogen) atoms. The maximum Gasteiger partial charge on any atom is 0.182 e. The molecule has 2 atom stereocenters. The summed E-state index contributed by atoms with van der Waals surface area (Å²) in [6, 6.07) is 2.07. The zero-order valence-corrected chi connectivity index (χ0v) is 18.2. The lowest BCUT2D eigenvalue weighted by Crippen LogP contribution is -2.37. The van der Waals surface area contributed by atoms with Crippen molar-refractivity contribution in [3.05, 3.63) is 52.6 Å². The zero-order chi connectivity index (χ0) is 21.5. The number of halogens is 1. The smallest absolute Gasteiger partial charge is 0.182 e. The molecule has 2 heterocycles. The molecule has 1 aromatic rings. The molecular weight excluding hydrogens is 379 g/mol. The number of carbonyl (C=O) groups excluding carboxylic acids is 1. The van der Waals surface area contributed by atoms with Crippen molar-refractivity contribution in [2.24, 2.45) is 16.8 Å². The molecule has 1 aliphatic heterocycles. The van der Waals surface area contributed by atoms with E-state index < -0.39 is 0 Å².